The minimum atomic E-state index is 0.655. The molecular weight excluding hydrogens is 264 g/mol. The Morgan fingerprint density at radius 3 is 1.32 bits per heavy atom. The quantitative estimate of drug-likeness (QED) is 0.200. The van der Waals surface area contributed by atoms with Crippen LogP contribution in [0.4, 0.5) is 0 Å². The molecule has 0 unspecified atom stereocenters. The molecule has 0 fully saturated rings. The highest BCUT2D eigenvalue weighted by Crippen LogP contribution is 2.15. The van der Waals surface area contributed by atoms with Crippen molar-refractivity contribution < 1.29 is 0 Å². The molecule has 129 valence electrons. The Hall–Kier alpha value is -0.520. The molecule has 0 saturated heterocycles. The lowest BCUT2D eigenvalue weighted by Crippen LogP contribution is -1.94. The molecule has 0 rings (SSSR count). The molecule has 0 aromatic heterocycles. The van der Waals surface area contributed by atoms with Gasteiger partial charge in [-0.05, 0) is 57.3 Å². The molecule has 0 aromatic rings. The van der Waals surface area contributed by atoms with Crippen molar-refractivity contribution in [2.75, 3.05) is 0 Å². The van der Waals surface area contributed by atoms with Crippen LogP contribution in [0.3, 0.4) is 0 Å². The van der Waals surface area contributed by atoms with Crippen molar-refractivity contribution in [3.63, 3.8) is 0 Å². The van der Waals surface area contributed by atoms with E-state index in [9.17, 15) is 0 Å². The van der Waals surface area contributed by atoms with Gasteiger partial charge in [0.25, 0.3) is 0 Å². The van der Waals surface area contributed by atoms with Gasteiger partial charge in [0.05, 0.1) is 0 Å². The molecule has 0 aromatic carbocycles. The van der Waals surface area contributed by atoms with Crippen molar-refractivity contribution in [3.05, 3.63) is 31.2 Å². The number of hydrogen-bond acceptors (Lipinski definition) is 0. The summed E-state index contributed by atoms with van der Waals surface area (Å²) >= 11 is 0. The van der Waals surface area contributed by atoms with E-state index in [1.807, 2.05) is 0 Å². The standard InChI is InChI=1S/C22H41/c1-4-6-8-10-12-14-16-18-20-22(3)21-19-17-15-13-11-9-7-5-2/h12-15,22H,3-11,16-21H2,1-2H3. The molecule has 0 N–H and O–H groups in total. The zero-order valence-electron chi connectivity index (χ0n) is 15.5. The van der Waals surface area contributed by atoms with Crippen molar-refractivity contribution in [2.24, 2.45) is 5.92 Å². The molecule has 0 saturated carbocycles. The SMILES string of the molecule is [CH2]C(CCCC=CCCCCC)CCCC=CCCCCC. The highest BCUT2D eigenvalue weighted by Gasteiger charge is 2.00. The van der Waals surface area contributed by atoms with Crippen LogP contribution < -0.4 is 0 Å². The molecule has 22 heavy (non-hydrogen) atoms. The summed E-state index contributed by atoms with van der Waals surface area (Å²) in [4.78, 5) is 0. The summed E-state index contributed by atoms with van der Waals surface area (Å²) in [7, 11) is 0. The van der Waals surface area contributed by atoms with Crippen molar-refractivity contribution in [1.29, 1.82) is 0 Å². The molecule has 0 aliphatic heterocycles. The smallest absolute Gasteiger partial charge is 0.0351 e. The Morgan fingerprint density at radius 2 is 0.955 bits per heavy atom. The topological polar surface area (TPSA) is 0 Å². The van der Waals surface area contributed by atoms with Crippen LogP contribution in [0.2, 0.25) is 0 Å². The van der Waals surface area contributed by atoms with Gasteiger partial charge in [-0.2, -0.15) is 0 Å². The molecule has 0 amide bonds. The van der Waals surface area contributed by atoms with E-state index in [4.69, 9.17) is 0 Å². The average molecular weight is 306 g/mol. The lowest BCUT2D eigenvalue weighted by Gasteiger charge is -2.09. The van der Waals surface area contributed by atoms with Gasteiger partial charge in [-0.15, -0.1) is 0 Å². The summed E-state index contributed by atoms with van der Waals surface area (Å²) in [6.45, 7) is 8.83. The minimum Gasteiger partial charge on any atom is -0.0885 e. The van der Waals surface area contributed by atoms with E-state index >= 15 is 0 Å². The van der Waals surface area contributed by atoms with Crippen LogP contribution in [0.15, 0.2) is 24.3 Å². The van der Waals surface area contributed by atoms with E-state index in [2.05, 4.69) is 45.1 Å². The van der Waals surface area contributed by atoms with Crippen LogP contribution in [-0.2, 0) is 0 Å². The number of hydrogen-bond donors (Lipinski definition) is 0. The third-order valence-corrected chi connectivity index (χ3v) is 4.25. The van der Waals surface area contributed by atoms with Gasteiger partial charge < -0.3 is 0 Å². The van der Waals surface area contributed by atoms with Crippen LogP contribution in [-0.4, -0.2) is 0 Å². The van der Waals surface area contributed by atoms with E-state index in [-0.39, 0.29) is 0 Å². The van der Waals surface area contributed by atoms with E-state index in [1.165, 1.54) is 89.9 Å². The summed E-state index contributed by atoms with van der Waals surface area (Å²) in [5.74, 6) is 0.655. The van der Waals surface area contributed by atoms with Crippen LogP contribution in [0.1, 0.15) is 104 Å². The van der Waals surface area contributed by atoms with Crippen LogP contribution in [0, 0.1) is 12.8 Å². The summed E-state index contributed by atoms with van der Waals surface area (Å²) in [6.07, 6.45) is 27.8. The molecule has 0 heterocycles. The van der Waals surface area contributed by atoms with E-state index < -0.39 is 0 Å². The third-order valence-electron chi connectivity index (χ3n) is 4.25. The van der Waals surface area contributed by atoms with Crippen LogP contribution >= 0.6 is 0 Å². The Labute approximate surface area is 141 Å². The molecule has 0 bridgehead atoms. The van der Waals surface area contributed by atoms with Crippen LogP contribution in [0.25, 0.3) is 0 Å². The highest BCUT2D eigenvalue weighted by atomic mass is 14.1. The molecule has 0 nitrogen and oxygen atoms in total. The lowest BCUT2D eigenvalue weighted by atomic mass is 9.97. The second-order valence-corrected chi connectivity index (χ2v) is 6.66. The van der Waals surface area contributed by atoms with Crippen LogP contribution in [0.5, 0.6) is 0 Å². The fourth-order valence-corrected chi connectivity index (χ4v) is 2.69. The molecule has 1 radical (unpaired) electrons. The third kappa shape index (κ3) is 17.5. The Bertz CT molecular complexity index is 223. The van der Waals surface area contributed by atoms with Gasteiger partial charge in [-0.25, -0.2) is 0 Å². The second-order valence-electron chi connectivity index (χ2n) is 6.66. The summed E-state index contributed by atoms with van der Waals surface area (Å²) in [6, 6.07) is 0. The fourth-order valence-electron chi connectivity index (χ4n) is 2.69. The Kier molecular flexibility index (Phi) is 18.1. The minimum absolute atomic E-state index is 0.655. The monoisotopic (exact) mass is 305 g/mol. The number of unbranched alkanes of at least 4 members (excludes halogenated alkanes) is 8. The first kappa shape index (κ1) is 21.5. The zero-order valence-corrected chi connectivity index (χ0v) is 15.5. The average Bonchev–Trinajstić information content (AvgIpc) is 2.52. The van der Waals surface area contributed by atoms with Crippen molar-refractivity contribution in [3.8, 4) is 0 Å². The zero-order chi connectivity index (χ0) is 16.3. The molecule has 0 aliphatic carbocycles. The normalized spacial score (nSPS) is 13.4. The predicted molar refractivity (Wildman–Crippen MR) is 103 cm³/mol. The summed E-state index contributed by atoms with van der Waals surface area (Å²) in [5, 5.41) is 0. The van der Waals surface area contributed by atoms with Gasteiger partial charge in [0.1, 0.15) is 0 Å². The van der Waals surface area contributed by atoms with Gasteiger partial charge in [-0.3, -0.25) is 0 Å². The van der Waals surface area contributed by atoms with Gasteiger partial charge in [0, 0.05) is 0 Å². The first-order chi connectivity index (χ1) is 10.8. The first-order valence-corrected chi connectivity index (χ1v) is 9.94. The number of allylic oxidation sites excluding steroid dienone is 4. The van der Waals surface area contributed by atoms with E-state index in [0.717, 1.165) is 0 Å². The first-order valence-electron chi connectivity index (χ1n) is 9.94. The van der Waals surface area contributed by atoms with Crippen molar-refractivity contribution >= 4 is 0 Å². The summed E-state index contributed by atoms with van der Waals surface area (Å²) < 4.78 is 0. The molecule has 0 aliphatic rings. The summed E-state index contributed by atoms with van der Waals surface area (Å²) in [5.41, 5.74) is 0. The molecule has 0 atom stereocenters. The van der Waals surface area contributed by atoms with E-state index in [1.54, 1.807) is 0 Å². The van der Waals surface area contributed by atoms with Gasteiger partial charge >= 0.3 is 0 Å². The van der Waals surface area contributed by atoms with E-state index in [0.29, 0.717) is 5.92 Å². The lowest BCUT2D eigenvalue weighted by molar-refractivity contribution is 0.505. The van der Waals surface area contributed by atoms with Crippen molar-refractivity contribution in [1.82, 2.24) is 0 Å². The Morgan fingerprint density at radius 1 is 0.591 bits per heavy atom. The highest BCUT2D eigenvalue weighted by molar-refractivity contribution is 4.83. The molecule has 0 spiro atoms. The fraction of sp³-hybridized carbons (Fsp3) is 0.773. The second kappa shape index (κ2) is 18.5. The molecule has 0 heteroatoms. The Balaban J connectivity index is 3.30. The van der Waals surface area contributed by atoms with Gasteiger partial charge in [-0.1, -0.05) is 83.6 Å². The maximum absolute atomic E-state index is 4.31. The predicted octanol–water partition coefficient (Wildman–Crippen LogP) is 8.05. The largest absolute Gasteiger partial charge is 0.0885 e. The van der Waals surface area contributed by atoms with Gasteiger partial charge in [0.15, 0.2) is 0 Å². The van der Waals surface area contributed by atoms with Crippen molar-refractivity contribution in [2.45, 2.75) is 104 Å². The van der Waals surface area contributed by atoms with Gasteiger partial charge in [0.2, 0.25) is 0 Å². The molecular formula is C22H41. The maximum Gasteiger partial charge on any atom is -0.0351 e. The maximum atomic E-state index is 4.31. The number of rotatable bonds is 16.